The molecule has 4 rings (SSSR count). The van der Waals surface area contributed by atoms with Crippen molar-refractivity contribution < 1.29 is 9.53 Å². The van der Waals surface area contributed by atoms with Crippen molar-refractivity contribution in [2.75, 3.05) is 31.6 Å². The molecular formula is C23H27N7O2. The molecule has 32 heavy (non-hydrogen) atoms. The molecule has 0 saturated carbocycles. The van der Waals surface area contributed by atoms with E-state index in [1.807, 2.05) is 13.1 Å². The summed E-state index contributed by atoms with van der Waals surface area (Å²) in [6.45, 7) is 3.86. The second-order valence-electron chi connectivity index (χ2n) is 7.97. The number of hydrogen-bond donors (Lipinski definition) is 0. The summed E-state index contributed by atoms with van der Waals surface area (Å²) in [5.74, 6) is 1.32. The first-order valence-corrected chi connectivity index (χ1v) is 11.0. The number of fused-ring (bicyclic) bond motifs is 1. The predicted molar refractivity (Wildman–Crippen MR) is 120 cm³/mol. The molecule has 9 heteroatoms. The highest BCUT2D eigenvalue weighted by Crippen LogP contribution is 2.25. The molecular weight excluding hydrogens is 406 g/mol. The molecule has 1 saturated heterocycles. The molecule has 1 aliphatic rings. The van der Waals surface area contributed by atoms with Gasteiger partial charge in [0.2, 0.25) is 0 Å². The van der Waals surface area contributed by atoms with Crippen molar-refractivity contribution >= 4 is 17.4 Å². The zero-order chi connectivity index (χ0) is 22.5. The number of hydrogen-bond acceptors (Lipinski definition) is 7. The molecule has 1 amide bonds. The van der Waals surface area contributed by atoms with Crippen LogP contribution in [0.1, 0.15) is 38.2 Å². The van der Waals surface area contributed by atoms with Crippen LogP contribution in [0.15, 0.2) is 36.8 Å². The zero-order valence-electron chi connectivity index (χ0n) is 18.4. The van der Waals surface area contributed by atoms with Crippen molar-refractivity contribution in [3.63, 3.8) is 0 Å². The summed E-state index contributed by atoms with van der Waals surface area (Å²) in [4.78, 5) is 25.5. The van der Waals surface area contributed by atoms with Crippen LogP contribution < -0.4 is 4.90 Å². The number of nitrogens with zero attached hydrogens (tertiary/aromatic N) is 7. The van der Waals surface area contributed by atoms with Gasteiger partial charge in [0.25, 0.3) is 0 Å². The van der Waals surface area contributed by atoms with E-state index in [-0.39, 0.29) is 12.1 Å². The fourth-order valence-electron chi connectivity index (χ4n) is 3.92. The Morgan fingerprint density at radius 3 is 3.09 bits per heavy atom. The van der Waals surface area contributed by atoms with E-state index in [1.54, 1.807) is 40.1 Å². The molecule has 0 aliphatic carbocycles. The van der Waals surface area contributed by atoms with Crippen LogP contribution in [-0.2, 0) is 4.74 Å². The molecule has 9 nitrogen and oxygen atoms in total. The molecule has 1 unspecified atom stereocenters. The van der Waals surface area contributed by atoms with Gasteiger partial charge in [0.15, 0.2) is 5.82 Å². The third-order valence-corrected chi connectivity index (χ3v) is 5.82. The van der Waals surface area contributed by atoms with Crippen molar-refractivity contribution in [1.29, 1.82) is 5.26 Å². The molecule has 1 aliphatic heterocycles. The Labute approximate surface area is 187 Å². The molecule has 3 aromatic rings. The molecule has 1 atom stereocenters. The zero-order valence-corrected chi connectivity index (χ0v) is 18.4. The van der Waals surface area contributed by atoms with Crippen LogP contribution in [0.4, 0.5) is 10.6 Å². The second-order valence-corrected chi connectivity index (χ2v) is 7.97. The Balaban J connectivity index is 1.52. The van der Waals surface area contributed by atoms with Gasteiger partial charge in [0, 0.05) is 38.6 Å². The van der Waals surface area contributed by atoms with Gasteiger partial charge in [0.05, 0.1) is 35.5 Å². The number of carbonyl (C=O) groups excluding carboxylic acids is 1. The van der Waals surface area contributed by atoms with Crippen LogP contribution in [0.3, 0.4) is 0 Å². The summed E-state index contributed by atoms with van der Waals surface area (Å²) in [5.41, 5.74) is 2.10. The highest BCUT2D eigenvalue weighted by Gasteiger charge is 2.28. The Morgan fingerprint density at radius 1 is 1.41 bits per heavy atom. The van der Waals surface area contributed by atoms with Gasteiger partial charge in [0.1, 0.15) is 5.82 Å². The standard InChI is InChI=1S/C23H27N7O2/c1-3-4-12-32-23(31)29-10-5-6-18(16-29)28(2)21-7-9-25-22(27-21)19-15-26-30-11-8-17(14-24)13-20(19)30/h7-9,11,13,15,18H,3-6,10,12,16H2,1-2H3. The van der Waals surface area contributed by atoms with E-state index in [2.05, 4.69) is 28.0 Å². The number of ether oxygens (including phenoxy) is 1. The Hall–Kier alpha value is -3.67. The van der Waals surface area contributed by atoms with Crippen LogP contribution in [0.2, 0.25) is 0 Å². The molecule has 1 fully saturated rings. The largest absolute Gasteiger partial charge is 0.449 e. The van der Waals surface area contributed by atoms with Crippen LogP contribution in [0, 0.1) is 11.3 Å². The van der Waals surface area contributed by atoms with Crippen molar-refractivity contribution in [3.05, 3.63) is 42.4 Å². The number of likely N-dealkylation sites (N-methyl/N-ethyl adjacent to an activating group) is 1. The van der Waals surface area contributed by atoms with E-state index in [9.17, 15) is 10.1 Å². The minimum atomic E-state index is -0.237. The summed E-state index contributed by atoms with van der Waals surface area (Å²) in [7, 11) is 1.99. The topological polar surface area (TPSA) is 99.6 Å². The summed E-state index contributed by atoms with van der Waals surface area (Å²) < 4.78 is 7.10. The van der Waals surface area contributed by atoms with Crippen molar-refractivity contribution in [2.24, 2.45) is 0 Å². The van der Waals surface area contributed by atoms with Crippen LogP contribution in [0.25, 0.3) is 16.9 Å². The number of carbonyl (C=O) groups is 1. The van der Waals surface area contributed by atoms with Gasteiger partial charge in [-0.15, -0.1) is 0 Å². The lowest BCUT2D eigenvalue weighted by Gasteiger charge is -2.37. The molecule has 0 radical (unpaired) electrons. The van der Waals surface area contributed by atoms with Crippen molar-refractivity contribution in [1.82, 2.24) is 24.5 Å². The molecule has 0 spiro atoms. The number of piperidine rings is 1. The minimum Gasteiger partial charge on any atom is -0.449 e. The van der Waals surface area contributed by atoms with Gasteiger partial charge in [-0.3, -0.25) is 0 Å². The van der Waals surface area contributed by atoms with Crippen molar-refractivity contribution in [2.45, 2.75) is 38.6 Å². The smallest absolute Gasteiger partial charge is 0.409 e. The lowest BCUT2D eigenvalue weighted by atomic mass is 10.0. The molecule has 0 N–H and O–H groups in total. The Kier molecular flexibility index (Phi) is 6.50. The number of likely N-dealkylation sites (tertiary alicyclic amines) is 1. The highest BCUT2D eigenvalue weighted by atomic mass is 16.6. The molecule has 3 aromatic heterocycles. The van der Waals surface area contributed by atoms with E-state index in [0.717, 1.165) is 42.6 Å². The van der Waals surface area contributed by atoms with Gasteiger partial charge in [-0.2, -0.15) is 10.4 Å². The maximum atomic E-state index is 12.4. The quantitative estimate of drug-likeness (QED) is 0.549. The lowest BCUT2D eigenvalue weighted by molar-refractivity contribution is 0.0904. The Morgan fingerprint density at radius 2 is 2.28 bits per heavy atom. The van der Waals surface area contributed by atoms with E-state index in [0.29, 0.717) is 31.1 Å². The monoisotopic (exact) mass is 433 g/mol. The summed E-state index contributed by atoms with van der Waals surface area (Å²) >= 11 is 0. The maximum Gasteiger partial charge on any atom is 0.409 e. The number of aromatic nitrogens is 4. The third kappa shape index (κ3) is 4.49. The Bertz CT molecular complexity index is 1140. The van der Waals surface area contributed by atoms with Crippen LogP contribution in [0.5, 0.6) is 0 Å². The normalized spacial score (nSPS) is 16.0. The van der Waals surface area contributed by atoms with Gasteiger partial charge in [-0.05, 0) is 37.5 Å². The van der Waals surface area contributed by atoms with E-state index in [4.69, 9.17) is 9.72 Å². The summed E-state index contributed by atoms with van der Waals surface area (Å²) in [5, 5.41) is 13.6. The number of amides is 1. The first-order valence-electron chi connectivity index (χ1n) is 11.0. The third-order valence-electron chi connectivity index (χ3n) is 5.82. The molecule has 4 heterocycles. The second kappa shape index (κ2) is 9.64. The van der Waals surface area contributed by atoms with Gasteiger partial charge < -0.3 is 14.5 Å². The summed E-state index contributed by atoms with van der Waals surface area (Å²) in [6.07, 6.45) is 8.72. The number of nitriles is 1. The summed E-state index contributed by atoms with van der Waals surface area (Å²) in [6, 6.07) is 7.67. The minimum absolute atomic E-state index is 0.138. The fourth-order valence-corrected chi connectivity index (χ4v) is 3.92. The number of anilines is 1. The molecule has 166 valence electrons. The average molecular weight is 434 g/mol. The molecule has 0 bridgehead atoms. The molecule has 0 aromatic carbocycles. The lowest BCUT2D eigenvalue weighted by Crippen LogP contribution is -2.49. The van der Waals surface area contributed by atoms with Gasteiger partial charge in [-0.1, -0.05) is 13.3 Å². The predicted octanol–water partition coefficient (Wildman–Crippen LogP) is 3.50. The first-order chi connectivity index (χ1) is 15.6. The fraction of sp³-hybridized carbons (Fsp3) is 0.435. The van der Waals surface area contributed by atoms with Crippen molar-refractivity contribution in [3.8, 4) is 17.5 Å². The highest BCUT2D eigenvalue weighted by molar-refractivity contribution is 5.77. The van der Waals surface area contributed by atoms with E-state index >= 15 is 0 Å². The van der Waals surface area contributed by atoms with E-state index < -0.39 is 0 Å². The number of pyridine rings is 1. The number of rotatable bonds is 6. The van der Waals surface area contributed by atoms with Crippen LogP contribution in [-0.4, -0.2) is 63.4 Å². The van der Waals surface area contributed by atoms with Gasteiger partial charge >= 0.3 is 6.09 Å². The number of unbranched alkanes of at least 4 members (excludes halogenated alkanes) is 1. The average Bonchev–Trinajstić information content (AvgIpc) is 3.27. The van der Waals surface area contributed by atoms with Crippen LogP contribution >= 0.6 is 0 Å². The SMILES string of the molecule is CCCCOC(=O)N1CCCC(N(C)c2ccnc(-c3cnn4ccc(C#N)cc34)n2)C1. The van der Waals surface area contributed by atoms with E-state index in [1.165, 1.54) is 0 Å². The first kappa shape index (κ1) is 21.6. The van der Waals surface area contributed by atoms with Gasteiger partial charge in [-0.25, -0.2) is 19.3 Å². The maximum absolute atomic E-state index is 12.4.